The number of aromatic carboxylic acids is 1. The average molecular weight is 339 g/mol. The van der Waals surface area contributed by atoms with Gasteiger partial charge in [-0.2, -0.15) is 0 Å². The van der Waals surface area contributed by atoms with Gasteiger partial charge in [0.25, 0.3) is 5.91 Å². The van der Waals surface area contributed by atoms with Crippen molar-refractivity contribution in [3.8, 4) is 5.75 Å². The molecule has 1 amide bonds. The SMILES string of the molecule is COc1ccc(NC(=O)c2cc(Br)c[nH]2)c(C(=O)O)c1. The molecule has 0 aliphatic carbocycles. The highest BCUT2D eigenvalue weighted by molar-refractivity contribution is 9.10. The Kier molecular flexibility index (Phi) is 4.09. The highest BCUT2D eigenvalue weighted by Crippen LogP contribution is 2.23. The third-order valence-electron chi connectivity index (χ3n) is 2.60. The van der Waals surface area contributed by atoms with E-state index in [2.05, 4.69) is 26.2 Å². The Morgan fingerprint density at radius 3 is 2.65 bits per heavy atom. The summed E-state index contributed by atoms with van der Waals surface area (Å²) in [5, 5.41) is 11.7. The second kappa shape index (κ2) is 5.79. The normalized spacial score (nSPS) is 10.1. The first-order chi connectivity index (χ1) is 9.51. The Morgan fingerprint density at radius 1 is 1.35 bits per heavy atom. The van der Waals surface area contributed by atoms with Crippen molar-refractivity contribution < 1.29 is 19.4 Å². The highest BCUT2D eigenvalue weighted by Gasteiger charge is 2.15. The zero-order valence-corrected chi connectivity index (χ0v) is 12.0. The summed E-state index contributed by atoms with van der Waals surface area (Å²) in [5.74, 6) is -1.17. The van der Waals surface area contributed by atoms with Crippen LogP contribution in [0.2, 0.25) is 0 Å². The van der Waals surface area contributed by atoms with E-state index in [0.29, 0.717) is 11.4 Å². The second-order valence-corrected chi connectivity index (χ2v) is 4.82. The van der Waals surface area contributed by atoms with Crippen molar-refractivity contribution in [1.82, 2.24) is 4.98 Å². The number of carbonyl (C=O) groups excluding carboxylic acids is 1. The molecule has 0 spiro atoms. The Labute approximate surface area is 122 Å². The van der Waals surface area contributed by atoms with Crippen molar-refractivity contribution in [2.24, 2.45) is 0 Å². The van der Waals surface area contributed by atoms with Gasteiger partial charge >= 0.3 is 5.97 Å². The second-order valence-electron chi connectivity index (χ2n) is 3.90. The van der Waals surface area contributed by atoms with Gasteiger partial charge in [0.1, 0.15) is 11.4 Å². The minimum Gasteiger partial charge on any atom is -0.497 e. The van der Waals surface area contributed by atoms with Crippen molar-refractivity contribution in [2.45, 2.75) is 0 Å². The molecular formula is C13H11BrN2O4. The van der Waals surface area contributed by atoms with Gasteiger partial charge < -0.3 is 20.1 Å². The van der Waals surface area contributed by atoms with Crippen LogP contribution in [0.3, 0.4) is 0 Å². The maximum Gasteiger partial charge on any atom is 0.337 e. The first-order valence-electron chi connectivity index (χ1n) is 5.58. The average Bonchev–Trinajstić information content (AvgIpc) is 2.85. The maximum atomic E-state index is 12.0. The van der Waals surface area contributed by atoms with Crippen LogP contribution in [-0.2, 0) is 0 Å². The number of anilines is 1. The lowest BCUT2D eigenvalue weighted by Crippen LogP contribution is -2.15. The quantitative estimate of drug-likeness (QED) is 0.799. The van der Waals surface area contributed by atoms with Gasteiger partial charge in [0.05, 0.1) is 18.4 Å². The van der Waals surface area contributed by atoms with Crippen LogP contribution in [0.5, 0.6) is 5.75 Å². The number of H-pyrrole nitrogens is 1. The van der Waals surface area contributed by atoms with Gasteiger partial charge in [-0.3, -0.25) is 4.79 Å². The molecule has 1 aromatic heterocycles. The zero-order valence-electron chi connectivity index (χ0n) is 10.4. The standard InChI is InChI=1S/C13H11BrN2O4/c1-20-8-2-3-10(9(5-8)13(18)19)16-12(17)11-4-7(14)6-15-11/h2-6,15H,1H3,(H,16,17)(H,18,19). The van der Waals surface area contributed by atoms with Gasteiger partial charge in [0, 0.05) is 10.7 Å². The van der Waals surface area contributed by atoms with E-state index in [0.717, 1.165) is 4.47 Å². The number of halogens is 1. The fraction of sp³-hybridized carbons (Fsp3) is 0.0769. The van der Waals surface area contributed by atoms with Gasteiger partial charge in [-0.25, -0.2) is 4.79 Å². The number of hydrogen-bond acceptors (Lipinski definition) is 3. The third kappa shape index (κ3) is 3.00. The van der Waals surface area contributed by atoms with E-state index in [4.69, 9.17) is 9.84 Å². The molecule has 1 heterocycles. The summed E-state index contributed by atoms with van der Waals surface area (Å²) in [5.41, 5.74) is 0.487. The van der Waals surface area contributed by atoms with Gasteiger partial charge in [0.15, 0.2) is 0 Å². The number of methoxy groups -OCH3 is 1. The van der Waals surface area contributed by atoms with E-state index >= 15 is 0 Å². The number of nitrogens with one attached hydrogen (secondary N) is 2. The number of carboxylic acid groups (broad SMARTS) is 1. The monoisotopic (exact) mass is 338 g/mol. The summed E-state index contributed by atoms with van der Waals surface area (Å²) in [7, 11) is 1.44. The van der Waals surface area contributed by atoms with Gasteiger partial charge in [-0.1, -0.05) is 0 Å². The number of rotatable bonds is 4. The van der Waals surface area contributed by atoms with Crippen LogP contribution in [0.4, 0.5) is 5.69 Å². The van der Waals surface area contributed by atoms with Crippen LogP contribution >= 0.6 is 15.9 Å². The van der Waals surface area contributed by atoms with Crippen LogP contribution in [0.1, 0.15) is 20.8 Å². The number of hydrogen-bond donors (Lipinski definition) is 3. The highest BCUT2D eigenvalue weighted by atomic mass is 79.9. The molecule has 3 N–H and O–H groups in total. The topological polar surface area (TPSA) is 91.4 Å². The van der Waals surface area contributed by atoms with Gasteiger partial charge in [0.2, 0.25) is 0 Å². The van der Waals surface area contributed by atoms with Crippen molar-refractivity contribution in [2.75, 3.05) is 12.4 Å². The summed E-state index contributed by atoms with van der Waals surface area (Å²) in [4.78, 5) is 25.9. The Bertz CT molecular complexity index is 666. The van der Waals surface area contributed by atoms with Crippen LogP contribution < -0.4 is 10.1 Å². The molecule has 7 heteroatoms. The summed E-state index contributed by atoms with van der Waals surface area (Å²) < 4.78 is 5.70. The number of aromatic nitrogens is 1. The van der Waals surface area contributed by atoms with Crippen molar-refractivity contribution in [3.63, 3.8) is 0 Å². The summed E-state index contributed by atoms with van der Waals surface area (Å²) >= 11 is 3.22. The number of carboxylic acids is 1. The molecule has 0 radical (unpaired) electrons. The summed E-state index contributed by atoms with van der Waals surface area (Å²) in [6.07, 6.45) is 1.61. The summed E-state index contributed by atoms with van der Waals surface area (Å²) in [6, 6.07) is 6.01. The molecule has 0 bridgehead atoms. The van der Waals surface area contributed by atoms with Crippen molar-refractivity contribution in [1.29, 1.82) is 0 Å². The van der Waals surface area contributed by atoms with E-state index in [1.807, 2.05) is 0 Å². The van der Waals surface area contributed by atoms with Crippen molar-refractivity contribution >= 4 is 33.5 Å². The molecular weight excluding hydrogens is 328 g/mol. The fourth-order valence-corrected chi connectivity index (χ4v) is 1.97. The van der Waals surface area contributed by atoms with Crippen LogP contribution in [0.15, 0.2) is 34.9 Å². The number of ether oxygens (including phenoxy) is 1. The molecule has 0 atom stereocenters. The van der Waals surface area contributed by atoms with Crippen LogP contribution in [0.25, 0.3) is 0 Å². The minimum absolute atomic E-state index is 0.0386. The molecule has 1 aromatic carbocycles. The number of aromatic amines is 1. The van der Waals surface area contributed by atoms with E-state index in [1.165, 1.54) is 19.2 Å². The molecule has 0 fully saturated rings. The lowest BCUT2D eigenvalue weighted by atomic mass is 10.1. The lowest BCUT2D eigenvalue weighted by molar-refractivity contribution is 0.0697. The predicted octanol–water partition coefficient (Wildman–Crippen LogP) is 2.74. The predicted molar refractivity (Wildman–Crippen MR) is 76.4 cm³/mol. The largest absolute Gasteiger partial charge is 0.497 e. The zero-order chi connectivity index (χ0) is 14.7. The molecule has 0 unspecified atom stereocenters. The Morgan fingerprint density at radius 2 is 2.10 bits per heavy atom. The van der Waals surface area contributed by atoms with E-state index in [1.54, 1.807) is 18.3 Å². The molecule has 0 aliphatic rings. The summed E-state index contributed by atoms with van der Waals surface area (Å²) in [6.45, 7) is 0. The Balaban J connectivity index is 2.29. The molecule has 104 valence electrons. The number of amides is 1. The number of benzene rings is 1. The van der Waals surface area contributed by atoms with E-state index in [-0.39, 0.29) is 11.3 Å². The number of carbonyl (C=O) groups is 2. The van der Waals surface area contributed by atoms with Gasteiger partial charge in [-0.15, -0.1) is 0 Å². The molecule has 6 nitrogen and oxygen atoms in total. The minimum atomic E-state index is -1.15. The molecule has 2 aromatic rings. The lowest BCUT2D eigenvalue weighted by Gasteiger charge is -2.09. The van der Waals surface area contributed by atoms with Crippen molar-refractivity contribution in [3.05, 3.63) is 46.2 Å². The molecule has 2 rings (SSSR count). The smallest absolute Gasteiger partial charge is 0.337 e. The fourth-order valence-electron chi connectivity index (χ4n) is 1.62. The molecule has 0 saturated heterocycles. The van der Waals surface area contributed by atoms with Crippen LogP contribution in [-0.4, -0.2) is 29.1 Å². The molecule has 0 saturated carbocycles. The molecule has 20 heavy (non-hydrogen) atoms. The van der Waals surface area contributed by atoms with Crippen LogP contribution in [0, 0.1) is 0 Å². The van der Waals surface area contributed by atoms with Gasteiger partial charge in [-0.05, 0) is 40.2 Å². The maximum absolute atomic E-state index is 12.0. The third-order valence-corrected chi connectivity index (χ3v) is 3.06. The molecule has 0 aliphatic heterocycles. The van der Waals surface area contributed by atoms with E-state index < -0.39 is 11.9 Å². The first kappa shape index (κ1) is 14.1. The van der Waals surface area contributed by atoms with E-state index in [9.17, 15) is 9.59 Å². The Hall–Kier alpha value is -2.28. The first-order valence-corrected chi connectivity index (χ1v) is 6.37.